The van der Waals surface area contributed by atoms with Gasteiger partial charge in [0.05, 0.1) is 30.5 Å². The number of halogens is 5. The normalized spacial score (nSPS) is 11.2. The number of hydrogen-bond donors (Lipinski definition) is 2. The highest BCUT2D eigenvalue weighted by Crippen LogP contribution is 2.38. The molecule has 206 valence electrons. The standard InChI is InChI=1S/C23H18ClF4N5O6/c1-36-13-4-3-11(25)17(26)9(13)7-38-15-6-12(10(24)5-14(15)39-8-16(29)34)33-21-18(30-23(33)35)22(37-2)32-20(31-21)19(27)28/h3-6,19H,7-8H2,1-2H3,(H2,29,34)(H,30,35). The summed E-state index contributed by atoms with van der Waals surface area (Å²) in [5.41, 5.74) is 3.44. The first-order valence-electron chi connectivity index (χ1n) is 10.8. The summed E-state index contributed by atoms with van der Waals surface area (Å²) in [7, 11) is 2.40. The first-order chi connectivity index (χ1) is 18.5. The summed E-state index contributed by atoms with van der Waals surface area (Å²) in [5, 5.41) is -0.171. The van der Waals surface area contributed by atoms with Crippen LogP contribution in [-0.2, 0) is 11.4 Å². The van der Waals surface area contributed by atoms with E-state index in [4.69, 9.17) is 36.3 Å². The molecule has 0 spiro atoms. The van der Waals surface area contributed by atoms with Gasteiger partial charge in [0, 0.05) is 12.1 Å². The van der Waals surface area contributed by atoms with Crippen LogP contribution in [0.25, 0.3) is 16.9 Å². The van der Waals surface area contributed by atoms with Gasteiger partial charge in [-0.1, -0.05) is 11.6 Å². The van der Waals surface area contributed by atoms with E-state index in [9.17, 15) is 27.2 Å². The average molecular weight is 572 g/mol. The Kier molecular flexibility index (Phi) is 7.80. The van der Waals surface area contributed by atoms with Crippen LogP contribution in [0.4, 0.5) is 17.6 Å². The zero-order valence-corrected chi connectivity index (χ0v) is 20.8. The quantitative estimate of drug-likeness (QED) is 0.276. The molecule has 0 aliphatic rings. The number of nitrogens with two attached hydrogens (primary N) is 1. The lowest BCUT2D eigenvalue weighted by atomic mass is 10.2. The molecule has 3 N–H and O–H groups in total. The number of H-pyrrole nitrogens is 1. The molecule has 39 heavy (non-hydrogen) atoms. The van der Waals surface area contributed by atoms with Gasteiger partial charge in [-0.3, -0.25) is 9.78 Å². The molecule has 1 amide bonds. The number of carbonyl (C=O) groups is 1. The summed E-state index contributed by atoms with van der Waals surface area (Å²) in [6, 6.07) is 4.35. The van der Waals surface area contributed by atoms with E-state index >= 15 is 0 Å². The number of imidazole rings is 1. The number of alkyl halides is 2. The number of amides is 1. The second-order valence-corrected chi connectivity index (χ2v) is 8.10. The van der Waals surface area contributed by atoms with Crippen molar-refractivity contribution in [2.75, 3.05) is 20.8 Å². The van der Waals surface area contributed by atoms with E-state index in [1.807, 2.05) is 0 Å². The van der Waals surface area contributed by atoms with E-state index in [2.05, 4.69) is 15.0 Å². The number of nitrogens with zero attached hydrogens (tertiary/aromatic N) is 3. The predicted octanol–water partition coefficient (Wildman–Crippen LogP) is 3.44. The molecule has 0 radical (unpaired) electrons. The SMILES string of the molecule is COc1ccc(F)c(F)c1COc1cc(-n2c(=O)[nH]c3c(OC)nc(C(F)F)nc32)c(Cl)cc1OCC(N)=O. The molecule has 4 aromatic rings. The van der Waals surface area contributed by atoms with Crippen molar-refractivity contribution >= 4 is 28.7 Å². The maximum absolute atomic E-state index is 14.5. The number of methoxy groups -OCH3 is 2. The molecular formula is C23H18ClF4N5O6. The summed E-state index contributed by atoms with van der Waals surface area (Å²) in [4.78, 5) is 33.9. The number of rotatable bonds is 10. The van der Waals surface area contributed by atoms with Crippen LogP contribution in [0.5, 0.6) is 23.1 Å². The predicted molar refractivity (Wildman–Crippen MR) is 128 cm³/mol. The van der Waals surface area contributed by atoms with Crippen molar-refractivity contribution in [3.05, 3.63) is 62.8 Å². The van der Waals surface area contributed by atoms with Crippen molar-refractivity contribution in [3.63, 3.8) is 0 Å². The number of aromatic amines is 1. The topological polar surface area (TPSA) is 144 Å². The van der Waals surface area contributed by atoms with Crippen molar-refractivity contribution in [2.45, 2.75) is 13.0 Å². The maximum Gasteiger partial charge on any atom is 0.332 e. The van der Waals surface area contributed by atoms with E-state index < -0.39 is 48.7 Å². The number of ether oxygens (including phenoxy) is 4. The Labute approximate surface area is 221 Å². The lowest BCUT2D eigenvalue weighted by molar-refractivity contribution is -0.119. The molecule has 16 heteroatoms. The fourth-order valence-corrected chi connectivity index (χ4v) is 3.80. The molecule has 4 rings (SSSR count). The van der Waals surface area contributed by atoms with E-state index in [0.717, 1.165) is 29.9 Å². The Balaban J connectivity index is 1.88. The van der Waals surface area contributed by atoms with Gasteiger partial charge in [-0.25, -0.2) is 31.9 Å². The van der Waals surface area contributed by atoms with Crippen molar-refractivity contribution < 1.29 is 41.3 Å². The molecule has 0 unspecified atom stereocenters. The van der Waals surface area contributed by atoms with Crippen LogP contribution in [0.15, 0.2) is 29.1 Å². The Morgan fingerprint density at radius 2 is 1.82 bits per heavy atom. The van der Waals surface area contributed by atoms with Crippen molar-refractivity contribution in [1.29, 1.82) is 0 Å². The van der Waals surface area contributed by atoms with Crippen molar-refractivity contribution in [3.8, 4) is 28.8 Å². The largest absolute Gasteiger partial charge is 0.496 e. The number of benzene rings is 2. The third-order valence-electron chi connectivity index (χ3n) is 5.28. The highest BCUT2D eigenvalue weighted by atomic mass is 35.5. The van der Waals surface area contributed by atoms with E-state index in [1.165, 1.54) is 13.2 Å². The Hall–Kier alpha value is -4.53. The maximum atomic E-state index is 14.5. The highest BCUT2D eigenvalue weighted by Gasteiger charge is 2.24. The molecule has 0 atom stereocenters. The van der Waals surface area contributed by atoms with Gasteiger partial charge in [0.2, 0.25) is 11.7 Å². The van der Waals surface area contributed by atoms with Gasteiger partial charge in [-0.15, -0.1) is 0 Å². The number of fused-ring (bicyclic) bond motifs is 1. The molecule has 0 aliphatic carbocycles. The average Bonchev–Trinajstić information content (AvgIpc) is 3.23. The summed E-state index contributed by atoms with van der Waals surface area (Å²) >= 11 is 6.39. The number of hydrogen-bond acceptors (Lipinski definition) is 8. The van der Waals surface area contributed by atoms with Gasteiger partial charge in [0.1, 0.15) is 17.9 Å². The summed E-state index contributed by atoms with van der Waals surface area (Å²) < 4.78 is 77.1. The van der Waals surface area contributed by atoms with Gasteiger partial charge < -0.3 is 24.7 Å². The summed E-state index contributed by atoms with van der Waals surface area (Å²) in [5.74, 6) is -4.90. The van der Waals surface area contributed by atoms with Crippen LogP contribution >= 0.6 is 11.6 Å². The Morgan fingerprint density at radius 3 is 2.46 bits per heavy atom. The lowest BCUT2D eigenvalue weighted by Crippen LogP contribution is -2.20. The van der Waals surface area contributed by atoms with Crippen LogP contribution in [-0.4, -0.2) is 46.3 Å². The second kappa shape index (κ2) is 11.1. The fraction of sp³-hybridized carbons (Fsp3) is 0.217. The molecule has 11 nitrogen and oxygen atoms in total. The zero-order valence-electron chi connectivity index (χ0n) is 20.1. The third-order valence-corrected chi connectivity index (χ3v) is 5.58. The second-order valence-electron chi connectivity index (χ2n) is 7.69. The summed E-state index contributed by atoms with van der Waals surface area (Å²) in [6.45, 7) is -1.21. The Morgan fingerprint density at radius 1 is 1.10 bits per heavy atom. The summed E-state index contributed by atoms with van der Waals surface area (Å²) in [6.07, 6.45) is -3.10. The number of primary amides is 1. The van der Waals surface area contributed by atoms with Crippen molar-refractivity contribution in [1.82, 2.24) is 19.5 Å². The van der Waals surface area contributed by atoms with Gasteiger partial charge in [0.25, 0.3) is 12.3 Å². The molecule has 2 aromatic carbocycles. The van der Waals surface area contributed by atoms with E-state index in [0.29, 0.717) is 0 Å². The molecule has 2 aromatic heterocycles. The number of aromatic nitrogens is 4. The van der Waals surface area contributed by atoms with Crippen LogP contribution in [0.1, 0.15) is 17.8 Å². The minimum atomic E-state index is -3.10. The molecule has 2 heterocycles. The number of nitrogens with one attached hydrogen (secondary N) is 1. The van der Waals surface area contributed by atoms with Gasteiger partial charge in [0.15, 0.2) is 35.4 Å². The molecular weight excluding hydrogens is 554 g/mol. The van der Waals surface area contributed by atoms with Crippen LogP contribution in [0.3, 0.4) is 0 Å². The van der Waals surface area contributed by atoms with Gasteiger partial charge in [-0.05, 0) is 12.1 Å². The molecule has 0 aliphatic heterocycles. The van der Waals surface area contributed by atoms with Crippen LogP contribution < -0.4 is 30.4 Å². The zero-order chi connectivity index (χ0) is 28.4. The minimum absolute atomic E-state index is 0.0288. The molecule has 0 fully saturated rings. The first kappa shape index (κ1) is 27.5. The molecule has 0 saturated carbocycles. The third kappa shape index (κ3) is 5.38. The van der Waals surface area contributed by atoms with E-state index in [-0.39, 0.29) is 50.6 Å². The smallest absolute Gasteiger partial charge is 0.332 e. The van der Waals surface area contributed by atoms with Gasteiger partial charge >= 0.3 is 5.69 Å². The number of carbonyl (C=O) groups excluding carboxylic acids is 1. The lowest BCUT2D eigenvalue weighted by Gasteiger charge is -2.17. The minimum Gasteiger partial charge on any atom is -0.496 e. The first-order valence-corrected chi connectivity index (χ1v) is 11.2. The van der Waals surface area contributed by atoms with Crippen molar-refractivity contribution in [2.24, 2.45) is 5.73 Å². The fourth-order valence-electron chi connectivity index (χ4n) is 3.56. The molecule has 0 saturated heterocycles. The van der Waals surface area contributed by atoms with E-state index in [1.54, 1.807) is 0 Å². The Bertz CT molecular complexity index is 1630. The molecule has 0 bridgehead atoms. The van der Waals surface area contributed by atoms with Crippen LogP contribution in [0.2, 0.25) is 5.02 Å². The van der Waals surface area contributed by atoms with Gasteiger partial charge in [-0.2, -0.15) is 4.98 Å². The monoisotopic (exact) mass is 571 g/mol. The highest BCUT2D eigenvalue weighted by molar-refractivity contribution is 6.32. The van der Waals surface area contributed by atoms with Crippen LogP contribution in [0, 0.1) is 11.6 Å².